The Balaban J connectivity index is 3.11. The molecule has 0 heterocycles. The molecule has 0 spiro atoms. The first-order valence-corrected chi connectivity index (χ1v) is 4.13. The molecule has 74 valence electrons. The van der Waals surface area contributed by atoms with Crippen molar-refractivity contribution in [2.75, 3.05) is 14.1 Å². The first-order chi connectivity index (χ1) is 6.56. The van der Waals surface area contributed by atoms with Gasteiger partial charge in [0.1, 0.15) is 5.94 Å². The molecule has 1 N–H and O–H groups in total. The lowest BCUT2D eigenvalue weighted by molar-refractivity contribution is -0.132. The molecule has 0 fully saturated rings. The third kappa shape index (κ3) is 1.92. The van der Waals surface area contributed by atoms with Gasteiger partial charge in [0.25, 0.3) is 0 Å². The molecule has 0 saturated carbocycles. The van der Waals surface area contributed by atoms with Crippen LogP contribution in [0.15, 0.2) is 29.0 Å². The number of hydrogen-bond donors (Lipinski definition) is 1. The van der Waals surface area contributed by atoms with Crippen molar-refractivity contribution in [3.8, 4) is 0 Å². The summed E-state index contributed by atoms with van der Waals surface area (Å²) in [5, 5.41) is 8.83. The van der Waals surface area contributed by atoms with Crippen LogP contribution in [0.4, 0.5) is 0 Å². The highest BCUT2D eigenvalue weighted by Crippen LogP contribution is 2.22. The average Bonchev–Trinajstić information content (AvgIpc) is 2.16. The van der Waals surface area contributed by atoms with Crippen LogP contribution in [-0.2, 0) is 9.59 Å². The minimum Gasteiger partial charge on any atom is -0.478 e. The Morgan fingerprint density at radius 3 is 2.64 bits per heavy atom. The van der Waals surface area contributed by atoms with Crippen molar-refractivity contribution in [1.29, 1.82) is 0 Å². The predicted molar refractivity (Wildman–Crippen MR) is 51.3 cm³/mol. The molecule has 0 bridgehead atoms. The molecular weight excluding hydrogens is 182 g/mol. The van der Waals surface area contributed by atoms with Crippen molar-refractivity contribution >= 4 is 11.9 Å². The van der Waals surface area contributed by atoms with E-state index in [-0.39, 0.29) is 11.1 Å². The maximum atomic E-state index is 10.8. The van der Waals surface area contributed by atoms with E-state index in [1.165, 1.54) is 6.08 Å². The molecule has 4 nitrogen and oxygen atoms in total. The lowest BCUT2D eigenvalue weighted by atomic mass is 9.98. The van der Waals surface area contributed by atoms with Gasteiger partial charge in [-0.2, -0.15) is 0 Å². The number of likely N-dealkylation sites (N-methyl/N-ethyl adjacent to an activating group) is 1. The van der Waals surface area contributed by atoms with Crippen molar-refractivity contribution in [3.63, 3.8) is 0 Å². The molecule has 0 saturated heterocycles. The molecule has 14 heavy (non-hydrogen) atoms. The zero-order valence-corrected chi connectivity index (χ0v) is 8.07. The molecule has 1 aliphatic carbocycles. The molecule has 0 aromatic carbocycles. The Morgan fingerprint density at radius 2 is 2.21 bits per heavy atom. The van der Waals surface area contributed by atoms with Gasteiger partial charge in [0.2, 0.25) is 0 Å². The second-order valence-electron chi connectivity index (χ2n) is 3.17. The summed E-state index contributed by atoms with van der Waals surface area (Å²) in [5.41, 5.74) is 1.02. The topological polar surface area (TPSA) is 57.6 Å². The number of hydrogen-bond acceptors (Lipinski definition) is 3. The molecule has 0 atom stereocenters. The third-order valence-corrected chi connectivity index (χ3v) is 2.00. The minimum atomic E-state index is -1.09. The zero-order valence-electron chi connectivity index (χ0n) is 8.07. The highest BCUT2D eigenvalue weighted by molar-refractivity contribution is 5.96. The van der Waals surface area contributed by atoms with E-state index in [1.54, 1.807) is 16.9 Å². The van der Waals surface area contributed by atoms with E-state index < -0.39 is 5.97 Å². The first kappa shape index (κ1) is 10.3. The summed E-state index contributed by atoms with van der Waals surface area (Å²) in [7, 11) is 3.63. The van der Waals surface area contributed by atoms with E-state index >= 15 is 0 Å². The Labute approximate surface area is 81.8 Å². The largest absolute Gasteiger partial charge is 0.478 e. The van der Waals surface area contributed by atoms with Crippen LogP contribution in [0, 0.1) is 0 Å². The monoisotopic (exact) mass is 193 g/mol. The van der Waals surface area contributed by atoms with Gasteiger partial charge in [0.15, 0.2) is 0 Å². The maximum Gasteiger partial charge on any atom is 0.336 e. The van der Waals surface area contributed by atoms with E-state index in [2.05, 4.69) is 0 Å². The second kappa shape index (κ2) is 3.94. The maximum absolute atomic E-state index is 10.8. The van der Waals surface area contributed by atoms with Crippen molar-refractivity contribution in [2.24, 2.45) is 0 Å². The summed E-state index contributed by atoms with van der Waals surface area (Å²) in [4.78, 5) is 23.0. The number of carboxylic acids is 1. The van der Waals surface area contributed by atoms with E-state index in [0.29, 0.717) is 6.42 Å². The van der Waals surface area contributed by atoms with Gasteiger partial charge in [-0.25, -0.2) is 9.59 Å². The fourth-order valence-electron chi connectivity index (χ4n) is 1.21. The van der Waals surface area contributed by atoms with Crippen LogP contribution in [0.5, 0.6) is 0 Å². The summed E-state index contributed by atoms with van der Waals surface area (Å²) in [6.07, 6.45) is 3.61. The zero-order chi connectivity index (χ0) is 10.7. The Morgan fingerprint density at radius 1 is 1.57 bits per heavy atom. The molecule has 4 heteroatoms. The van der Waals surface area contributed by atoms with Gasteiger partial charge in [-0.15, -0.1) is 0 Å². The van der Waals surface area contributed by atoms with E-state index in [4.69, 9.17) is 5.11 Å². The number of nitrogens with zero attached hydrogens (tertiary/aromatic N) is 1. The summed E-state index contributed by atoms with van der Waals surface area (Å²) in [5.74, 6) is 0.562. The van der Waals surface area contributed by atoms with Gasteiger partial charge in [-0.3, -0.25) is 0 Å². The highest BCUT2D eigenvalue weighted by Gasteiger charge is 2.18. The minimum absolute atomic E-state index is 0.0335. The molecule has 0 aromatic heterocycles. The van der Waals surface area contributed by atoms with Crippen molar-refractivity contribution < 1.29 is 14.7 Å². The van der Waals surface area contributed by atoms with E-state index in [1.807, 2.05) is 14.1 Å². The predicted octanol–water partition coefficient (Wildman–Crippen LogP) is 0.605. The smallest absolute Gasteiger partial charge is 0.336 e. The summed E-state index contributed by atoms with van der Waals surface area (Å²) in [6.45, 7) is 0. The second-order valence-corrected chi connectivity index (χ2v) is 3.17. The van der Waals surface area contributed by atoms with Crippen LogP contribution in [0.2, 0.25) is 0 Å². The molecule has 0 aromatic rings. The fraction of sp³-hybridized carbons (Fsp3) is 0.300. The van der Waals surface area contributed by atoms with Gasteiger partial charge in [0.05, 0.1) is 11.1 Å². The van der Waals surface area contributed by atoms with Crippen LogP contribution in [0.25, 0.3) is 0 Å². The van der Waals surface area contributed by atoms with Gasteiger partial charge >= 0.3 is 5.97 Å². The molecule has 0 amide bonds. The van der Waals surface area contributed by atoms with Crippen molar-refractivity contribution in [3.05, 3.63) is 29.0 Å². The standard InChI is InChI=1S/C10H11NO3/c1-11(2)8-4-3-7(6-12)9(5-8)10(13)14/h4-5H,3H2,1-2H3,(H,13,14). The van der Waals surface area contributed by atoms with Gasteiger partial charge in [-0.05, 0) is 6.08 Å². The Kier molecular flexibility index (Phi) is 2.89. The first-order valence-electron chi connectivity index (χ1n) is 4.13. The van der Waals surface area contributed by atoms with E-state index in [0.717, 1.165) is 5.70 Å². The van der Waals surface area contributed by atoms with Crippen LogP contribution >= 0.6 is 0 Å². The Bertz CT molecular complexity index is 371. The molecule has 0 aliphatic heterocycles. The van der Waals surface area contributed by atoms with Crippen molar-refractivity contribution in [1.82, 2.24) is 4.90 Å². The number of allylic oxidation sites excluding steroid dienone is 2. The quantitative estimate of drug-likeness (QED) is 0.652. The highest BCUT2D eigenvalue weighted by atomic mass is 16.4. The Hall–Kier alpha value is -1.80. The third-order valence-electron chi connectivity index (χ3n) is 2.00. The SMILES string of the molecule is CN(C)C1=CCC(=C=O)C(C(=O)O)=C1. The van der Waals surface area contributed by atoms with Crippen molar-refractivity contribution in [2.45, 2.75) is 6.42 Å². The lowest BCUT2D eigenvalue weighted by Gasteiger charge is -2.18. The van der Waals surface area contributed by atoms with Crippen LogP contribution < -0.4 is 0 Å². The molecule has 0 radical (unpaired) electrons. The molecule has 1 aliphatic rings. The number of aliphatic carboxylic acids is 1. The number of carbonyl (C=O) groups excluding carboxylic acids is 1. The number of carbonyl (C=O) groups is 1. The van der Waals surface area contributed by atoms with Crippen LogP contribution in [-0.4, -0.2) is 36.0 Å². The lowest BCUT2D eigenvalue weighted by Crippen LogP contribution is -2.15. The van der Waals surface area contributed by atoms with Crippen LogP contribution in [0.1, 0.15) is 6.42 Å². The van der Waals surface area contributed by atoms with Gasteiger partial charge in [-0.1, -0.05) is 6.08 Å². The average molecular weight is 193 g/mol. The number of rotatable bonds is 2. The number of carboxylic acid groups (broad SMARTS) is 1. The summed E-state index contributed by atoms with van der Waals surface area (Å²) in [6, 6.07) is 0. The van der Waals surface area contributed by atoms with Gasteiger partial charge in [0, 0.05) is 26.2 Å². The van der Waals surface area contributed by atoms with Gasteiger partial charge < -0.3 is 10.0 Å². The summed E-state index contributed by atoms with van der Waals surface area (Å²) >= 11 is 0. The van der Waals surface area contributed by atoms with Crippen LogP contribution in [0.3, 0.4) is 0 Å². The summed E-state index contributed by atoms with van der Waals surface area (Å²) < 4.78 is 0. The molecular formula is C10H11NO3. The fourth-order valence-corrected chi connectivity index (χ4v) is 1.21. The molecule has 1 rings (SSSR count). The molecule has 0 unspecified atom stereocenters. The van der Waals surface area contributed by atoms with E-state index in [9.17, 15) is 9.59 Å². The normalized spacial score (nSPS) is 15.4.